The highest BCUT2D eigenvalue weighted by Crippen LogP contribution is 2.38. The van der Waals surface area contributed by atoms with Crippen molar-refractivity contribution < 1.29 is 9.90 Å². The first-order chi connectivity index (χ1) is 8.93. The molecule has 0 amide bonds. The van der Waals surface area contributed by atoms with Gasteiger partial charge in [-0.25, -0.2) is 4.79 Å². The number of aliphatic carboxylic acids is 1. The van der Waals surface area contributed by atoms with E-state index in [2.05, 4.69) is 19.2 Å². The van der Waals surface area contributed by atoms with Crippen LogP contribution in [0.2, 0.25) is 0 Å². The third-order valence-corrected chi connectivity index (χ3v) is 4.51. The van der Waals surface area contributed by atoms with Crippen molar-refractivity contribution >= 4 is 11.7 Å². The van der Waals surface area contributed by atoms with Gasteiger partial charge in [0.05, 0.1) is 0 Å². The molecule has 0 bridgehead atoms. The minimum atomic E-state index is -0.804. The van der Waals surface area contributed by atoms with Crippen molar-refractivity contribution in [2.24, 2.45) is 11.8 Å². The van der Waals surface area contributed by atoms with Crippen molar-refractivity contribution in [3.05, 3.63) is 29.8 Å². The molecule has 2 N–H and O–H groups in total. The van der Waals surface area contributed by atoms with Crippen molar-refractivity contribution in [3.63, 3.8) is 0 Å². The third kappa shape index (κ3) is 2.91. The van der Waals surface area contributed by atoms with Crippen LogP contribution in [-0.2, 0) is 4.79 Å². The Morgan fingerprint density at radius 2 is 1.89 bits per heavy atom. The number of benzene rings is 1. The number of aryl methyl sites for hydroxylation is 1. The van der Waals surface area contributed by atoms with Gasteiger partial charge in [-0.3, -0.25) is 0 Å². The molecule has 0 saturated heterocycles. The largest absolute Gasteiger partial charge is 0.480 e. The predicted molar refractivity (Wildman–Crippen MR) is 77.3 cm³/mol. The van der Waals surface area contributed by atoms with Crippen LogP contribution in [0.15, 0.2) is 24.3 Å². The molecule has 1 aliphatic rings. The van der Waals surface area contributed by atoms with E-state index in [1.165, 1.54) is 5.56 Å². The van der Waals surface area contributed by atoms with Gasteiger partial charge in [0.2, 0.25) is 0 Å². The first-order valence-corrected chi connectivity index (χ1v) is 7.01. The summed E-state index contributed by atoms with van der Waals surface area (Å²) in [6.07, 6.45) is 2.35. The molecule has 1 aromatic carbocycles. The average molecular weight is 261 g/mol. The van der Waals surface area contributed by atoms with Gasteiger partial charge in [0.25, 0.3) is 0 Å². The van der Waals surface area contributed by atoms with E-state index in [-0.39, 0.29) is 0 Å². The Labute approximate surface area is 115 Å². The topological polar surface area (TPSA) is 49.3 Å². The minimum absolute atomic E-state index is 0.433. The van der Waals surface area contributed by atoms with Crippen LogP contribution in [0.25, 0.3) is 0 Å². The maximum absolute atomic E-state index is 11.7. The zero-order valence-electron chi connectivity index (χ0n) is 11.9. The number of hydrogen-bond acceptors (Lipinski definition) is 2. The molecule has 0 aliphatic heterocycles. The van der Waals surface area contributed by atoms with Crippen LogP contribution in [0.3, 0.4) is 0 Å². The van der Waals surface area contributed by atoms with Gasteiger partial charge < -0.3 is 10.4 Å². The predicted octanol–water partition coefficient (Wildman–Crippen LogP) is 3.69. The first kappa shape index (κ1) is 13.9. The molecule has 3 nitrogen and oxygen atoms in total. The summed E-state index contributed by atoms with van der Waals surface area (Å²) in [6.45, 7) is 6.39. The van der Waals surface area contributed by atoms with E-state index in [9.17, 15) is 9.90 Å². The smallest absolute Gasteiger partial charge is 0.329 e. The highest BCUT2D eigenvalue weighted by atomic mass is 16.4. The SMILES string of the molecule is Cc1ccc(NC2(C(=O)O)CCC(C)C(C)C2)cc1. The van der Waals surface area contributed by atoms with Crippen LogP contribution in [-0.4, -0.2) is 16.6 Å². The van der Waals surface area contributed by atoms with Gasteiger partial charge in [0.1, 0.15) is 5.54 Å². The minimum Gasteiger partial charge on any atom is -0.480 e. The lowest BCUT2D eigenvalue weighted by Crippen LogP contribution is -2.51. The molecule has 0 spiro atoms. The van der Waals surface area contributed by atoms with Crippen molar-refractivity contribution in [2.45, 2.75) is 45.6 Å². The van der Waals surface area contributed by atoms with Gasteiger partial charge in [-0.05, 0) is 50.2 Å². The summed E-state index contributed by atoms with van der Waals surface area (Å²) in [5, 5.41) is 12.9. The summed E-state index contributed by atoms with van der Waals surface area (Å²) in [6, 6.07) is 7.94. The molecule has 3 unspecified atom stereocenters. The fourth-order valence-electron chi connectivity index (χ4n) is 2.89. The average Bonchev–Trinajstić information content (AvgIpc) is 2.37. The van der Waals surface area contributed by atoms with Crippen LogP contribution in [0.4, 0.5) is 5.69 Å². The monoisotopic (exact) mass is 261 g/mol. The van der Waals surface area contributed by atoms with Gasteiger partial charge >= 0.3 is 5.97 Å². The maximum Gasteiger partial charge on any atom is 0.329 e. The highest BCUT2D eigenvalue weighted by Gasteiger charge is 2.43. The second-order valence-corrected chi connectivity index (χ2v) is 6.08. The molecule has 2 rings (SSSR count). The lowest BCUT2D eigenvalue weighted by Gasteiger charge is -2.40. The van der Waals surface area contributed by atoms with Crippen LogP contribution in [0.5, 0.6) is 0 Å². The maximum atomic E-state index is 11.7. The molecule has 0 aromatic heterocycles. The Morgan fingerprint density at radius 1 is 1.26 bits per heavy atom. The summed E-state index contributed by atoms with van der Waals surface area (Å²) >= 11 is 0. The Balaban J connectivity index is 2.21. The molecule has 0 heterocycles. The standard InChI is InChI=1S/C16H23NO2/c1-11-4-6-14(7-5-11)17-16(15(18)19)9-8-12(2)13(3)10-16/h4-7,12-13,17H,8-10H2,1-3H3,(H,18,19). The van der Waals surface area contributed by atoms with Crippen molar-refractivity contribution in [3.8, 4) is 0 Å². The third-order valence-electron chi connectivity index (χ3n) is 4.51. The van der Waals surface area contributed by atoms with E-state index in [0.717, 1.165) is 12.1 Å². The highest BCUT2D eigenvalue weighted by molar-refractivity contribution is 5.83. The Morgan fingerprint density at radius 3 is 2.42 bits per heavy atom. The van der Waals surface area contributed by atoms with Crippen molar-refractivity contribution in [1.29, 1.82) is 0 Å². The molecule has 104 valence electrons. The lowest BCUT2D eigenvalue weighted by molar-refractivity contribution is -0.144. The van der Waals surface area contributed by atoms with E-state index in [1.54, 1.807) is 0 Å². The normalized spacial score (nSPS) is 30.9. The van der Waals surface area contributed by atoms with Crippen LogP contribution < -0.4 is 5.32 Å². The molecule has 0 radical (unpaired) electrons. The molecule has 1 fully saturated rings. The first-order valence-electron chi connectivity index (χ1n) is 7.01. The quantitative estimate of drug-likeness (QED) is 0.872. The Kier molecular flexibility index (Phi) is 3.83. The molecule has 1 aromatic rings. The van der Waals surface area contributed by atoms with E-state index in [4.69, 9.17) is 0 Å². The summed E-state index contributed by atoms with van der Waals surface area (Å²) in [5.74, 6) is 0.307. The zero-order valence-corrected chi connectivity index (χ0v) is 11.9. The van der Waals surface area contributed by atoms with Gasteiger partial charge in [0, 0.05) is 5.69 Å². The van der Waals surface area contributed by atoms with E-state index < -0.39 is 11.5 Å². The molecular formula is C16H23NO2. The van der Waals surface area contributed by atoms with Gasteiger partial charge in [-0.1, -0.05) is 31.5 Å². The fraction of sp³-hybridized carbons (Fsp3) is 0.562. The molecule has 1 saturated carbocycles. The van der Waals surface area contributed by atoms with Crippen LogP contribution >= 0.6 is 0 Å². The fourth-order valence-corrected chi connectivity index (χ4v) is 2.89. The van der Waals surface area contributed by atoms with E-state index in [0.29, 0.717) is 24.7 Å². The number of carboxylic acid groups (broad SMARTS) is 1. The number of nitrogens with one attached hydrogen (secondary N) is 1. The number of rotatable bonds is 3. The number of anilines is 1. The van der Waals surface area contributed by atoms with Crippen molar-refractivity contribution in [1.82, 2.24) is 0 Å². The zero-order chi connectivity index (χ0) is 14.0. The molecule has 3 atom stereocenters. The van der Waals surface area contributed by atoms with Crippen molar-refractivity contribution in [2.75, 3.05) is 5.32 Å². The molecular weight excluding hydrogens is 238 g/mol. The van der Waals surface area contributed by atoms with Crippen LogP contribution in [0, 0.1) is 18.8 Å². The second-order valence-electron chi connectivity index (χ2n) is 6.08. The number of carbonyl (C=O) groups is 1. The van der Waals surface area contributed by atoms with Crippen LogP contribution in [0.1, 0.15) is 38.7 Å². The van der Waals surface area contributed by atoms with Gasteiger partial charge in [-0.2, -0.15) is 0 Å². The Hall–Kier alpha value is -1.51. The summed E-state index contributed by atoms with van der Waals surface area (Å²) in [5.41, 5.74) is 1.27. The number of hydrogen-bond donors (Lipinski definition) is 2. The molecule has 1 aliphatic carbocycles. The lowest BCUT2D eigenvalue weighted by atomic mass is 9.71. The second kappa shape index (κ2) is 5.24. The summed E-state index contributed by atoms with van der Waals surface area (Å²) < 4.78 is 0. The molecule has 3 heteroatoms. The molecule has 19 heavy (non-hydrogen) atoms. The van der Waals surface area contributed by atoms with E-state index >= 15 is 0 Å². The van der Waals surface area contributed by atoms with E-state index in [1.807, 2.05) is 31.2 Å². The number of carboxylic acids is 1. The Bertz CT molecular complexity index is 454. The van der Waals surface area contributed by atoms with Gasteiger partial charge in [0.15, 0.2) is 0 Å². The summed E-state index contributed by atoms with van der Waals surface area (Å²) in [7, 11) is 0. The van der Waals surface area contributed by atoms with Gasteiger partial charge in [-0.15, -0.1) is 0 Å². The summed E-state index contributed by atoms with van der Waals surface area (Å²) in [4.78, 5) is 11.7.